The van der Waals surface area contributed by atoms with E-state index in [0.29, 0.717) is 5.84 Å². The van der Waals surface area contributed by atoms with Gasteiger partial charge in [0, 0.05) is 31.0 Å². The van der Waals surface area contributed by atoms with Crippen LogP contribution in [0.15, 0.2) is 107 Å². The summed E-state index contributed by atoms with van der Waals surface area (Å²) in [6, 6.07) is 33.5. The standard InChI is InChI=1S/C35H33N7/c1-22-15-18-26(21-23(22)2)36-33-35-38-34-31(24(3)39-42(34)28-11-7-6-8-12-28)32(25-16-19-27(20-17-25)40(4)5)41(35)30-14-10-9-13-29(30)37-33/h6-21,32H,1-5H3,(H,36,37). The molecule has 7 nitrogen and oxygen atoms in total. The average molecular weight is 552 g/mol. The maximum Gasteiger partial charge on any atom is 0.179 e. The Labute approximate surface area is 246 Å². The molecule has 0 radical (unpaired) electrons. The molecule has 1 N–H and O–H groups in total. The van der Waals surface area contributed by atoms with Crippen LogP contribution in [-0.4, -0.2) is 35.5 Å². The van der Waals surface area contributed by atoms with Crippen LogP contribution in [0.4, 0.5) is 28.6 Å². The van der Waals surface area contributed by atoms with Gasteiger partial charge in [-0.3, -0.25) is 0 Å². The van der Waals surface area contributed by atoms with Gasteiger partial charge < -0.3 is 15.1 Å². The van der Waals surface area contributed by atoms with Crippen LogP contribution in [0.5, 0.6) is 0 Å². The molecule has 0 saturated carbocycles. The van der Waals surface area contributed by atoms with Crippen LogP contribution < -0.4 is 15.1 Å². The molecule has 0 fully saturated rings. The van der Waals surface area contributed by atoms with E-state index in [1.165, 1.54) is 11.1 Å². The van der Waals surface area contributed by atoms with Crippen molar-refractivity contribution in [1.82, 2.24) is 9.78 Å². The maximum atomic E-state index is 5.34. The highest BCUT2D eigenvalue weighted by atomic mass is 15.4. The molecule has 7 rings (SSSR count). The van der Waals surface area contributed by atoms with E-state index in [2.05, 4.69) is 123 Å². The van der Waals surface area contributed by atoms with Crippen LogP contribution in [0.2, 0.25) is 0 Å². The van der Waals surface area contributed by atoms with Gasteiger partial charge >= 0.3 is 0 Å². The molecule has 208 valence electrons. The van der Waals surface area contributed by atoms with E-state index in [4.69, 9.17) is 15.1 Å². The molecule has 1 atom stereocenters. The van der Waals surface area contributed by atoms with Crippen LogP contribution in [0.25, 0.3) is 5.69 Å². The summed E-state index contributed by atoms with van der Waals surface area (Å²) in [6.45, 7) is 6.34. The first-order valence-corrected chi connectivity index (χ1v) is 14.2. The number of nitrogens with one attached hydrogen (secondary N) is 1. The summed E-state index contributed by atoms with van der Waals surface area (Å²) in [4.78, 5) is 14.9. The molecule has 1 unspecified atom stereocenters. The second-order valence-electron chi connectivity index (χ2n) is 11.1. The fourth-order valence-corrected chi connectivity index (χ4v) is 5.77. The smallest absolute Gasteiger partial charge is 0.179 e. The van der Waals surface area contributed by atoms with Crippen LogP contribution in [-0.2, 0) is 0 Å². The monoisotopic (exact) mass is 551 g/mol. The fourth-order valence-electron chi connectivity index (χ4n) is 5.77. The third-order valence-electron chi connectivity index (χ3n) is 8.13. The van der Waals surface area contributed by atoms with Gasteiger partial charge in [0.15, 0.2) is 17.5 Å². The number of aliphatic imine (C=N–C) groups is 2. The van der Waals surface area contributed by atoms with Gasteiger partial charge in [0.1, 0.15) is 0 Å². The Hall–Kier alpha value is -5.17. The largest absolute Gasteiger partial charge is 0.378 e. The minimum absolute atomic E-state index is 0.158. The summed E-state index contributed by atoms with van der Waals surface area (Å²) in [5, 5.41) is 8.67. The number of anilines is 3. The number of rotatable bonds is 4. The maximum absolute atomic E-state index is 5.34. The van der Waals surface area contributed by atoms with E-state index >= 15 is 0 Å². The van der Waals surface area contributed by atoms with Gasteiger partial charge in [-0.1, -0.05) is 48.5 Å². The van der Waals surface area contributed by atoms with Crippen LogP contribution in [0.1, 0.15) is 34.0 Å². The van der Waals surface area contributed by atoms with Crippen LogP contribution >= 0.6 is 0 Å². The number of fused-ring (bicyclic) bond motifs is 4. The third-order valence-corrected chi connectivity index (χ3v) is 8.13. The number of hydrogen-bond donors (Lipinski definition) is 1. The first-order valence-electron chi connectivity index (χ1n) is 14.2. The zero-order valence-electron chi connectivity index (χ0n) is 24.5. The summed E-state index contributed by atoms with van der Waals surface area (Å²) in [5.74, 6) is 2.29. The van der Waals surface area contributed by atoms with Crippen molar-refractivity contribution in [3.63, 3.8) is 0 Å². The molecular weight excluding hydrogens is 518 g/mol. The molecule has 0 spiro atoms. The van der Waals surface area contributed by atoms with Crippen LogP contribution in [0.3, 0.4) is 0 Å². The fraction of sp³-hybridized carbons (Fsp3) is 0.171. The molecule has 0 amide bonds. The summed E-state index contributed by atoms with van der Waals surface area (Å²) in [7, 11) is 4.13. The Kier molecular flexibility index (Phi) is 6.16. The second-order valence-corrected chi connectivity index (χ2v) is 11.1. The van der Waals surface area contributed by atoms with E-state index in [-0.39, 0.29) is 6.04 Å². The predicted octanol–water partition coefficient (Wildman–Crippen LogP) is 7.66. The van der Waals surface area contributed by atoms with Crippen molar-refractivity contribution in [2.24, 2.45) is 9.98 Å². The number of hydrogen-bond acceptors (Lipinski definition) is 6. The van der Waals surface area contributed by atoms with Crippen molar-refractivity contribution in [3.8, 4) is 5.69 Å². The van der Waals surface area contributed by atoms with E-state index in [9.17, 15) is 0 Å². The highest BCUT2D eigenvalue weighted by Gasteiger charge is 2.41. The SMILES string of the molecule is Cc1ccc(NC2=Nc3ccccc3N3C2=Nc2c(c(C)nn2-c2ccccc2)C3c2ccc(N(C)C)cc2)cc1C. The van der Waals surface area contributed by atoms with Crippen molar-refractivity contribution >= 4 is 40.2 Å². The lowest BCUT2D eigenvalue weighted by atomic mass is 9.93. The highest BCUT2D eigenvalue weighted by Crippen LogP contribution is 2.48. The van der Waals surface area contributed by atoms with Crippen molar-refractivity contribution in [2.75, 3.05) is 29.2 Å². The van der Waals surface area contributed by atoms with Gasteiger partial charge in [-0.15, -0.1) is 0 Å². The van der Waals surface area contributed by atoms with Gasteiger partial charge in [0.25, 0.3) is 0 Å². The Morgan fingerprint density at radius 1 is 0.762 bits per heavy atom. The van der Waals surface area contributed by atoms with Gasteiger partial charge in [-0.2, -0.15) is 5.10 Å². The molecule has 1 aromatic heterocycles. The molecule has 42 heavy (non-hydrogen) atoms. The Bertz CT molecular complexity index is 1860. The minimum Gasteiger partial charge on any atom is -0.378 e. The summed E-state index contributed by atoms with van der Waals surface area (Å²) in [6.07, 6.45) is 0. The Morgan fingerprint density at radius 2 is 1.50 bits per heavy atom. The zero-order valence-corrected chi connectivity index (χ0v) is 24.5. The van der Waals surface area contributed by atoms with E-state index in [1.54, 1.807) is 0 Å². The molecule has 7 heteroatoms. The van der Waals surface area contributed by atoms with Crippen molar-refractivity contribution < 1.29 is 0 Å². The zero-order chi connectivity index (χ0) is 29.0. The van der Waals surface area contributed by atoms with E-state index < -0.39 is 0 Å². The number of para-hydroxylation sites is 3. The van der Waals surface area contributed by atoms with E-state index in [1.807, 2.05) is 28.9 Å². The average Bonchev–Trinajstić information content (AvgIpc) is 3.34. The highest BCUT2D eigenvalue weighted by molar-refractivity contribution is 6.51. The Balaban J connectivity index is 1.47. The second kappa shape index (κ2) is 10.0. The third kappa shape index (κ3) is 4.25. The molecule has 0 aliphatic carbocycles. The molecule has 3 heterocycles. The normalized spacial score (nSPS) is 15.3. The molecular formula is C35H33N7. The first kappa shape index (κ1) is 25.8. The van der Waals surface area contributed by atoms with E-state index in [0.717, 1.165) is 56.9 Å². The lowest BCUT2D eigenvalue weighted by Crippen LogP contribution is -2.46. The first-order chi connectivity index (χ1) is 20.4. The number of benzene rings is 4. The molecule has 4 aromatic carbocycles. The lowest BCUT2D eigenvalue weighted by Gasteiger charge is -2.40. The molecule has 2 aliphatic rings. The summed E-state index contributed by atoms with van der Waals surface area (Å²) >= 11 is 0. The molecule has 0 saturated heterocycles. The lowest BCUT2D eigenvalue weighted by molar-refractivity contribution is 0.815. The topological polar surface area (TPSA) is 61.1 Å². The molecule has 0 bridgehead atoms. The van der Waals surface area contributed by atoms with Gasteiger partial charge in [-0.05, 0) is 86.0 Å². The van der Waals surface area contributed by atoms with Crippen molar-refractivity contribution in [2.45, 2.75) is 26.8 Å². The number of aromatic nitrogens is 2. The quantitative estimate of drug-likeness (QED) is 0.249. The Morgan fingerprint density at radius 3 is 2.24 bits per heavy atom. The van der Waals surface area contributed by atoms with Crippen molar-refractivity contribution in [3.05, 3.63) is 125 Å². The van der Waals surface area contributed by atoms with Gasteiger partial charge in [-0.25, -0.2) is 14.7 Å². The number of aryl methyl sites for hydroxylation is 3. The summed E-state index contributed by atoms with van der Waals surface area (Å²) < 4.78 is 1.96. The predicted molar refractivity (Wildman–Crippen MR) is 174 cm³/mol. The molecule has 2 aliphatic heterocycles. The van der Waals surface area contributed by atoms with Gasteiger partial charge in [0.05, 0.1) is 28.8 Å². The van der Waals surface area contributed by atoms with Gasteiger partial charge in [0.2, 0.25) is 0 Å². The van der Waals surface area contributed by atoms with Crippen LogP contribution in [0, 0.1) is 20.8 Å². The number of nitrogens with zero attached hydrogens (tertiary/aromatic N) is 6. The minimum atomic E-state index is -0.158. The molecule has 5 aromatic rings. The summed E-state index contributed by atoms with van der Waals surface area (Å²) in [5.41, 5.74) is 10.7. The number of amidine groups is 2. The van der Waals surface area contributed by atoms with Crippen molar-refractivity contribution in [1.29, 1.82) is 0 Å².